The molecule has 0 aromatic heterocycles. The third-order valence-corrected chi connectivity index (χ3v) is 5.44. The van der Waals surface area contributed by atoms with E-state index in [4.69, 9.17) is 18.9 Å². The molecule has 0 saturated heterocycles. The fourth-order valence-electron chi connectivity index (χ4n) is 3.75. The number of phenols is 1. The summed E-state index contributed by atoms with van der Waals surface area (Å²) in [5.74, 6) is 1.20. The number of phenolic OH excluding ortho intramolecular Hbond substituents is 1. The van der Waals surface area contributed by atoms with E-state index < -0.39 is 12.0 Å². The number of methoxy groups -OCH3 is 3. The van der Waals surface area contributed by atoms with Gasteiger partial charge in [0.1, 0.15) is 11.9 Å². The van der Waals surface area contributed by atoms with Gasteiger partial charge in [-0.15, -0.1) is 0 Å². The van der Waals surface area contributed by atoms with Crippen LogP contribution in [0.3, 0.4) is 0 Å². The van der Waals surface area contributed by atoms with Gasteiger partial charge in [0.25, 0.3) is 0 Å². The molecule has 0 aliphatic carbocycles. The van der Waals surface area contributed by atoms with Crippen molar-refractivity contribution in [2.45, 2.75) is 18.9 Å². The van der Waals surface area contributed by atoms with E-state index >= 15 is 0 Å². The quantitative estimate of drug-likeness (QED) is 0.446. The number of ether oxygens (including phenoxy) is 4. The molecule has 0 heterocycles. The van der Waals surface area contributed by atoms with Crippen molar-refractivity contribution >= 4 is 5.78 Å². The van der Waals surface area contributed by atoms with E-state index in [1.165, 1.54) is 21.1 Å². The fourth-order valence-corrected chi connectivity index (χ4v) is 3.75. The SMILES string of the molecule is COc1ccc(C(c2ccccc2O)C(CO)Oc2ccc(C(C)=O)cc2OC)cc1OC. The Kier molecular flexibility index (Phi) is 7.79. The van der Waals surface area contributed by atoms with E-state index in [0.717, 1.165) is 5.56 Å². The van der Waals surface area contributed by atoms with Crippen molar-refractivity contribution in [2.24, 2.45) is 0 Å². The van der Waals surface area contributed by atoms with Crippen LogP contribution in [0.5, 0.6) is 28.7 Å². The number of aromatic hydroxyl groups is 1. The van der Waals surface area contributed by atoms with E-state index in [1.54, 1.807) is 61.7 Å². The molecule has 0 spiro atoms. The number of Topliss-reactive ketones (excluding diaryl/α,β-unsaturated/α-hetero) is 1. The highest BCUT2D eigenvalue weighted by molar-refractivity contribution is 5.94. The molecule has 3 aromatic rings. The summed E-state index contributed by atoms with van der Waals surface area (Å²) in [6.45, 7) is 1.11. The number of ketones is 1. The van der Waals surface area contributed by atoms with Crippen LogP contribution in [0.1, 0.15) is 34.3 Å². The molecule has 174 valence electrons. The normalized spacial score (nSPS) is 12.5. The molecular weight excluding hydrogens is 424 g/mol. The van der Waals surface area contributed by atoms with E-state index in [2.05, 4.69) is 0 Å². The molecule has 7 heteroatoms. The highest BCUT2D eigenvalue weighted by atomic mass is 16.5. The third kappa shape index (κ3) is 5.21. The number of benzene rings is 3. The molecule has 7 nitrogen and oxygen atoms in total. The number of aliphatic hydroxyl groups excluding tert-OH is 1. The van der Waals surface area contributed by atoms with Crippen molar-refractivity contribution in [3.05, 3.63) is 77.4 Å². The number of rotatable bonds is 10. The lowest BCUT2D eigenvalue weighted by molar-refractivity contribution is 0.0983. The molecule has 2 atom stereocenters. The van der Waals surface area contributed by atoms with Crippen LogP contribution in [-0.4, -0.2) is 50.0 Å². The first kappa shape index (κ1) is 23.9. The van der Waals surface area contributed by atoms with Crippen LogP contribution >= 0.6 is 0 Å². The van der Waals surface area contributed by atoms with Crippen LogP contribution in [0.4, 0.5) is 0 Å². The van der Waals surface area contributed by atoms with Crippen molar-refractivity contribution in [1.82, 2.24) is 0 Å². The lowest BCUT2D eigenvalue weighted by Crippen LogP contribution is -2.30. The van der Waals surface area contributed by atoms with Gasteiger partial charge in [-0.3, -0.25) is 4.79 Å². The summed E-state index contributed by atoms with van der Waals surface area (Å²) in [5, 5.41) is 21.0. The molecule has 0 saturated carbocycles. The van der Waals surface area contributed by atoms with Gasteiger partial charge in [0, 0.05) is 11.1 Å². The Morgan fingerprint density at radius 1 is 0.848 bits per heavy atom. The first-order valence-corrected chi connectivity index (χ1v) is 10.4. The highest BCUT2D eigenvalue weighted by Gasteiger charge is 2.30. The molecule has 2 unspecified atom stereocenters. The maximum Gasteiger partial charge on any atom is 0.161 e. The molecule has 3 aromatic carbocycles. The summed E-state index contributed by atoms with van der Waals surface area (Å²) in [5.41, 5.74) is 1.80. The predicted molar refractivity (Wildman–Crippen MR) is 124 cm³/mol. The molecular formula is C26H28O7. The minimum absolute atomic E-state index is 0.0678. The third-order valence-electron chi connectivity index (χ3n) is 5.44. The van der Waals surface area contributed by atoms with Gasteiger partial charge in [0.2, 0.25) is 0 Å². The van der Waals surface area contributed by atoms with Gasteiger partial charge in [-0.25, -0.2) is 0 Å². The van der Waals surface area contributed by atoms with Gasteiger partial charge in [0.15, 0.2) is 28.8 Å². The Morgan fingerprint density at radius 3 is 2.09 bits per heavy atom. The van der Waals surface area contributed by atoms with Crippen LogP contribution in [0.15, 0.2) is 60.7 Å². The van der Waals surface area contributed by atoms with Gasteiger partial charge in [-0.05, 0) is 48.9 Å². The molecule has 0 aliphatic heterocycles. The summed E-state index contributed by atoms with van der Waals surface area (Å²) in [6.07, 6.45) is -0.798. The zero-order valence-electron chi connectivity index (χ0n) is 19.1. The minimum atomic E-state index is -0.798. The Morgan fingerprint density at radius 2 is 1.48 bits per heavy atom. The maximum atomic E-state index is 11.7. The maximum absolute atomic E-state index is 11.7. The van der Waals surface area contributed by atoms with Crippen molar-refractivity contribution in [2.75, 3.05) is 27.9 Å². The zero-order chi connectivity index (χ0) is 24.0. The molecule has 0 amide bonds. The fraction of sp³-hybridized carbons (Fsp3) is 0.269. The lowest BCUT2D eigenvalue weighted by atomic mass is 9.85. The van der Waals surface area contributed by atoms with Gasteiger partial charge in [-0.2, -0.15) is 0 Å². The summed E-state index contributed by atoms with van der Waals surface area (Å²) >= 11 is 0. The number of aliphatic hydroxyl groups is 1. The predicted octanol–water partition coefficient (Wildman–Crippen LogP) is 4.19. The Balaban J connectivity index is 2.10. The number of carbonyl (C=O) groups is 1. The second kappa shape index (κ2) is 10.7. The Bertz CT molecular complexity index is 1110. The molecule has 0 bridgehead atoms. The van der Waals surface area contributed by atoms with Gasteiger partial charge < -0.3 is 29.2 Å². The van der Waals surface area contributed by atoms with Crippen LogP contribution < -0.4 is 18.9 Å². The van der Waals surface area contributed by atoms with Crippen LogP contribution in [-0.2, 0) is 0 Å². The van der Waals surface area contributed by atoms with E-state index in [9.17, 15) is 15.0 Å². The average molecular weight is 453 g/mol. The number of hydrogen-bond donors (Lipinski definition) is 2. The first-order valence-electron chi connectivity index (χ1n) is 10.4. The molecule has 0 radical (unpaired) electrons. The average Bonchev–Trinajstić information content (AvgIpc) is 2.84. The van der Waals surface area contributed by atoms with Crippen LogP contribution in [0.25, 0.3) is 0 Å². The summed E-state index contributed by atoms with van der Waals surface area (Å²) in [4.78, 5) is 11.7. The Hall–Kier alpha value is -3.71. The molecule has 3 rings (SSSR count). The van der Waals surface area contributed by atoms with Crippen molar-refractivity contribution in [3.8, 4) is 28.7 Å². The summed E-state index contributed by atoms with van der Waals surface area (Å²) < 4.78 is 22.4. The lowest BCUT2D eigenvalue weighted by Gasteiger charge is -2.29. The number of carbonyl (C=O) groups excluding carboxylic acids is 1. The van der Waals surface area contributed by atoms with E-state index in [1.807, 2.05) is 6.07 Å². The minimum Gasteiger partial charge on any atom is -0.508 e. The largest absolute Gasteiger partial charge is 0.508 e. The monoisotopic (exact) mass is 452 g/mol. The smallest absolute Gasteiger partial charge is 0.161 e. The summed E-state index contributed by atoms with van der Waals surface area (Å²) in [7, 11) is 4.57. The van der Waals surface area contributed by atoms with Gasteiger partial charge in [-0.1, -0.05) is 24.3 Å². The second-order valence-electron chi connectivity index (χ2n) is 7.41. The highest BCUT2D eigenvalue weighted by Crippen LogP contribution is 2.40. The van der Waals surface area contributed by atoms with Gasteiger partial charge >= 0.3 is 0 Å². The van der Waals surface area contributed by atoms with Crippen molar-refractivity contribution < 1.29 is 34.0 Å². The van der Waals surface area contributed by atoms with Crippen molar-refractivity contribution in [1.29, 1.82) is 0 Å². The van der Waals surface area contributed by atoms with Crippen molar-refractivity contribution in [3.63, 3.8) is 0 Å². The molecule has 0 aliphatic rings. The van der Waals surface area contributed by atoms with Crippen LogP contribution in [0.2, 0.25) is 0 Å². The summed E-state index contributed by atoms with van der Waals surface area (Å²) in [6, 6.07) is 17.1. The topological polar surface area (TPSA) is 94.5 Å². The second-order valence-corrected chi connectivity index (χ2v) is 7.41. The molecule has 0 fully saturated rings. The zero-order valence-corrected chi connectivity index (χ0v) is 19.1. The van der Waals surface area contributed by atoms with Crippen LogP contribution in [0, 0.1) is 0 Å². The van der Waals surface area contributed by atoms with E-state index in [0.29, 0.717) is 34.1 Å². The molecule has 2 N–H and O–H groups in total. The van der Waals surface area contributed by atoms with Gasteiger partial charge in [0.05, 0.1) is 33.9 Å². The number of para-hydroxylation sites is 1. The number of hydrogen-bond acceptors (Lipinski definition) is 7. The first-order chi connectivity index (χ1) is 15.9. The Labute approximate surface area is 193 Å². The van der Waals surface area contributed by atoms with E-state index in [-0.39, 0.29) is 18.1 Å². The molecule has 33 heavy (non-hydrogen) atoms. The standard InChI is InChI=1S/C26H28O7/c1-16(28)17-9-12-22(24(13-17)32-4)33-25(15-27)26(19-7-5-6-8-20(19)29)18-10-11-21(30-2)23(14-18)31-3/h5-14,25-27,29H,15H2,1-4H3.